The summed E-state index contributed by atoms with van der Waals surface area (Å²) in [4.78, 5) is 48.0. The second-order valence-electron chi connectivity index (χ2n) is 11.3. The topological polar surface area (TPSA) is 90.4 Å². The van der Waals surface area contributed by atoms with Gasteiger partial charge in [-0.2, -0.15) is 0 Å². The fraction of sp³-hybridized carbons (Fsp3) is 0.594. The van der Waals surface area contributed by atoms with Gasteiger partial charge in [-0.15, -0.1) is 11.8 Å². The van der Waals surface area contributed by atoms with Crippen molar-refractivity contribution in [1.82, 2.24) is 4.90 Å². The van der Waals surface area contributed by atoms with Gasteiger partial charge in [0.25, 0.3) is 5.91 Å². The van der Waals surface area contributed by atoms with Crippen molar-refractivity contribution in [2.45, 2.75) is 68.4 Å². The van der Waals surface area contributed by atoms with Crippen molar-refractivity contribution in [3.63, 3.8) is 0 Å². The molecule has 1 unspecified atom stereocenters. The quantitative estimate of drug-likeness (QED) is 0.252. The Balaban J connectivity index is 1.50. The van der Waals surface area contributed by atoms with Crippen LogP contribution in [0.5, 0.6) is 0 Å². The van der Waals surface area contributed by atoms with Crippen LogP contribution in [0.4, 0.5) is 11.4 Å². The van der Waals surface area contributed by atoms with Crippen molar-refractivity contribution in [2.75, 3.05) is 49.2 Å². The molecule has 9 heteroatoms. The van der Waals surface area contributed by atoms with Gasteiger partial charge in [0.15, 0.2) is 0 Å². The fourth-order valence-electron chi connectivity index (χ4n) is 6.90. The molecule has 1 aromatic carbocycles. The summed E-state index contributed by atoms with van der Waals surface area (Å²) in [5.74, 6) is -1.84. The largest absolute Gasteiger partial charge is 0.465 e. The van der Waals surface area contributed by atoms with Crippen molar-refractivity contribution in [3.8, 4) is 0 Å². The molecule has 2 saturated heterocycles. The zero-order valence-corrected chi connectivity index (χ0v) is 25.1. The molecule has 1 N–H and O–H groups in total. The highest BCUT2D eigenvalue weighted by atomic mass is 32.2. The lowest BCUT2D eigenvalue weighted by atomic mass is 9.78. The number of hydrogen-bond donors (Lipinski definition) is 1. The monoisotopic (exact) mass is 581 g/mol. The van der Waals surface area contributed by atoms with Gasteiger partial charge in [0, 0.05) is 49.4 Å². The van der Waals surface area contributed by atoms with Crippen LogP contribution in [0, 0.1) is 11.8 Å². The number of hydrogen-bond acceptors (Lipinski definition) is 7. The molecule has 4 heterocycles. The number of thioether (sulfide) groups is 1. The first-order chi connectivity index (χ1) is 20.0. The lowest BCUT2D eigenvalue weighted by Crippen LogP contribution is -2.53. The third-order valence-electron chi connectivity index (χ3n) is 8.95. The van der Waals surface area contributed by atoms with Crippen LogP contribution >= 0.6 is 11.8 Å². The molecule has 0 aliphatic carbocycles. The Morgan fingerprint density at radius 1 is 1.02 bits per heavy atom. The van der Waals surface area contributed by atoms with Crippen molar-refractivity contribution in [2.24, 2.45) is 11.8 Å². The van der Waals surface area contributed by atoms with E-state index in [2.05, 4.69) is 49.1 Å². The predicted molar refractivity (Wildman–Crippen MR) is 163 cm³/mol. The number of carbonyl (C=O) groups is 3. The van der Waals surface area contributed by atoms with E-state index < -0.39 is 22.6 Å². The van der Waals surface area contributed by atoms with Crippen LogP contribution in [0.1, 0.15) is 52.4 Å². The highest BCUT2D eigenvalue weighted by Gasteiger charge is 2.70. The molecule has 0 aromatic heterocycles. The SMILES string of the molecule is CCN(CC)c1ccc(N2CC=C[C@]34S[C@@H]5/C=C\CCCOC(=O)[C@@H]5[C@H]3C(=O)N(CCCCCCO)C4C2=O)cc1. The molecule has 5 atom stereocenters. The van der Waals surface area contributed by atoms with Gasteiger partial charge in [-0.1, -0.05) is 37.1 Å². The maximum Gasteiger partial charge on any atom is 0.311 e. The van der Waals surface area contributed by atoms with Gasteiger partial charge >= 0.3 is 5.97 Å². The average Bonchev–Trinajstić information content (AvgIpc) is 3.38. The van der Waals surface area contributed by atoms with E-state index in [0.717, 1.165) is 63.0 Å². The summed E-state index contributed by atoms with van der Waals surface area (Å²) in [6.45, 7) is 7.40. The zero-order chi connectivity index (χ0) is 29.0. The number of likely N-dealkylation sites (tertiary alicyclic amines) is 1. The smallest absolute Gasteiger partial charge is 0.311 e. The van der Waals surface area contributed by atoms with Crippen LogP contribution in [-0.4, -0.2) is 83.2 Å². The van der Waals surface area contributed by atoms with Crippen LogP contribution in [-0.2, 0) is 19.1 Å². The van der Waals surface area contributed by atoms with Crippen molar-refractivity contribution < 1.29 is 24.2 Å². The Hall–Kier alpha value is -2.78. The van der Waals surface area contributed by atoms with E-state index in [1.54, 1.807) is 21.6 Å². The van der Waals surface area contributed by atoms with Crippen LogP contribution in [0.15, 0.2) is 48.6 Å². The first-order valence-electron chi connectivity index (χ1n) is 15.2. The van der Waals surface area contributed by atoms with Crippen LogP contribution in [0.25, 0.3) is 0 Å². The van der Waals surface area contributed by atoms with Gasteiger partial charge in [0.1, 0.15) is 6.04 Å². The third-order valence-corrected chi connectivity index (χ3v) is 10.7. The molecule has 0 bridgehead atoms. The van der Waals surface area contributed by atoms with Gasteiger partial charge in [0.2, 0.25) is 5.91 Å². The lowest BCUT2D eigenvalue weighted by molar-refractivity contribution is -0.153. The van der Waals surface area contributed by atoms with Crippen molar-refractivity contribution >= 4 is 40.9 Å². The van der Waals surface area contributed by atoms with Gasteiger partial charge in [-0.25, -0.2) is 0 Å². The summed E-state index contributed by atoms with van der Waals surface area (Å²) < 4.78 is 4.82. The number of benzene rings is 1. The summed E-state index contributed by atoms with van der Waals surface area (Å²) in [5.41, 5.74) is 1.91. The van der Waals surface area contributed by atoms with Gasteiger partial charge in [-0.05, 0) is 63.8 Å². The van der Waals surface area contributed by atoms with Gasteiger partial charge in [0.05, 0.1) is 23.2 Å². The number of aliphatic hydroxyl groups is 1. The number of carbonyl (C=O) groups excluding carboxylic acids is 3. The van der Waals surface area contributed by atoms with Crippen LogP contribution in [0.3, 0.4) is 0 Å². The van der Waals surface area contributed by atoms with E-state index in [9.17, 15) is 19.5 Å². The first-order valence-corrected chi connectivity index (χ1v) is 16.1. The zero-order valence-electron chi connectivity index (χ0n) is 24.2. The van der Waals surface area contributed by atoms with E-state index in [4.69, 9.17) is 4.74 Å². The van der Waals surface area contributed by atoms with E-state index in [0.29, 0.717) is 19.7 Å². The molecule has 0 radical (unpaired) electrons. The number of ether oxygens (including phenoxy) is 1. The molecular weight excluding hydrogens is 538 g/mol. The second-order valence-corrected chi connectivity index (χ2v) is 12.8. The Bertz CT molecular complexity index is 1170. The normalized spacial score (nSPS) is 30.1. The summed E-state index contributed by atoms with van der Waals surface area (Å²) >= 11 is 1.59. The van der Waals surface area contributed by atoms with Gasteiger partial charge in [-0.3, -0.25) is 14.4 Å². The number of nitrogens with zero attached hydrogens (tertiary/aromatic N) is 3. The Morgan fingerprint density at radius 3 is 2.51 bits per heavy atom. The molecule has 2 fully saturated rings. The average molecular weight is 582 g/mol. The van der Waals surface area contributed by atoms with Crippen molar-refractivity contribution in [3.05, 3.63) is 48.6 Å². The molecule has 8 nitrogen and oxygen atoms in total. The lowest BCUT2D eigenvalue weighted by Gasteiger charge is -2.35. The Labute approximate surface area is 247 Å². The number of allylic oxidation sites excluding steroid dienone is 1. The first kappa shape index (κ1) is 29.7. The molecule has 222 valence electrons. The summed E-state index contributed by atoms with van der Waals surface area (Å²) in [7, 11) is 0. The number of anilines is 2. The number of fused-ring (bicyclic) bond motifs is 2. The minimum atomic E-state index is -0.840. The van der Waals surface area contributed by atoms with Crippen LogP contribution < -0.4 is 9.80 Å². The minimum absolute atomic E-state index is 0.104. The minimum Gasteiger partial charge on any atom is -0.465 e. The summed E-state index contributed by atoms with van der Waals surface area (Å²) in [5, 5.41) is 8.96. The molecule has 0 saturated carbocycles. The number of amides is 2. The molecule has 41 heavy (non-hydrogen) atoms. The third kappa shape index (κ3) is 5.55. The molecule has 4 aliphatic heterocycles. The maximum atomic E-state index is 14.6. The van der Waals surface area contributed by atoms with E-state index >= 15 is 0 Å². The fourth-order valence-corrected chi connectivity index (χ4v) is 8.91. The van der Waals surface area contributed by atoms with E-state index in [1.165, 1.54) is 0 Å². The van der Waals surface area contributed by atoms with E-state index in [-0.39, 0.29) is 29.6 Å². The Morgan fingerprint density at radius 2 is 1.78 bits per heavy atom. The summed E-state index contributed by atoms with van der Waals surface area (Å²) in [6.07, 6.45) is 13.0. The van der Waals surface area contributed by atoms with E-state index in [1.807, 2.05) is 18.2 Å². The number of unbranched alkanes of at least 4 members (excludes halogenated alkanes) is 3. The highest BCUT2D eigenvalue weighted by Crippen LogP contribution is 2.60. The molecule has 1 aromatic rings. The number of aliphatic hydroxyl groups excluding tert-OH is 1. The summed E-state index contributed by atoms with van der Waals surface area (Å²) in [6, 6.07) is 7.38. The van der Waals surface area contributed by atoms with Crippen LogP contribution in [0.2, 0.25) is 0 Å². The van der Waals surface area contributed by atoms with Crippen molar-refractivity contribution in [1.29, 1.82) is 0 Å². The standard InChI is InChI=1S/C32H43N3O5S/c1-3-33(4-2)23-14-16-24(17-15-23)34-20-12-18-32-27(26-25(41-32)13-8-7-11-22-40-31(26)39)29(37)35(28(32)30(34)38)19-9-5-6-10-21-36/h8,12-18,25-28,36H,3-7,9-11,19-22H2,1-2H3/b13-8-/t25-,26+,27+,28?,32+/m1/s1. The second kappa shape index (κ2) is 13.0. The molecule has 4 aliphatic rings. The number of rotatable bonds is 10. The predicted octanol–water partition coefficient (Wildman–Crippen LogP) is 4.18. The Kier molecular flexibility index (Phi) is 9.44. The maximum absolute atomic E-state index is 14.6. The molecule has 2 amide bonds. The number of esters is 1. The number of cyclic esters (lactones) is 1. The molecule has 5 rings (SSSR count). The molecule has 1 spiro atoms. The highest BCUT2D eigenvalue weighted by molar-refractivity contribution is 8.02. The van der Waals surface area contributed by atoms with Gasteiger partial charge < -0.3 is 24.5 Å². The molecular formula is C32H43N3O5S.